The summed E-state index contributed by atoms with van der Waals surface area (Å²) in [7, 11) is -1.47. The fourth-order valence-corrected chi connectivity index (χ4v) is 3.92. The van der Waals surface area contributed by atoms with Crippen molar-refractivity contribution in [1.82, 2.24) is 9.62 Å². The second-order valence-corrected chi connectivity index (χ2v) is 6.84. The molecular formula is C13H20ClFN2O2S. The molecule has 1 aromatic carbocycles. The normalized spacial score (nSPS) is 20.4. The van der Waals surface area contributed by atoms with Crippen LogP contribution in [0.2, 0.25) is 0 Å². The molecule has 1 unspecified atom stereocenters. The van der Waals surface area contributed by atoms with E-state index in [4.69, 9.17) is 0 Å². The second-order valence-electron chi connectivity index (χ2n) is 4.87. The number of hydrogen-bond donors (Lipinski definition) is 1. The number of benzene rings is 1. The molecule has 1 heterocycles. The molecule has 2 rings (SSSR count). The highest BCUT2D eigenvalue weighted by atomic mass is 35.5. The number of likely N-dealkylation sites (N-methyl/N-ethyl adjacent to an activating group) is 1. The third-order valence-electron chi connectivity index (χ3n) is 3.45. The smallest absolute Gasteiger partial charge is 0.218 e. The first-order valence-electron chi connectivity index (χ1n) is 6.41. The molecule has 1 aliphatic heterocycles. The van der Waals surface area contributed by atoms with Gasteiger partial charge >= 0.3 is 0 Å². The van der Waals surface area contributed by atoms with Crippen molar-refractivity contribution in [2.24, 2.45) is 0 Å². The molecule has 0 saturated carbocycles. The Balaban J connectivity index is 0.00000200. The van der Waals surface area contributed by atoms with Crippen molar-refractivity contribution >= 4 is 22.4 Å². The number of sulfonamides is 1. The average Bonchev–Trinajstić information content (AvgIpc) is 2.41. The summed E-state index contributed by atoms with van der Waals surface area (Å²) >= 11 is 0. The Morgan fingerprint density at radius 2 is 2.00 bits per heavy atom. The van der Waals surface area contributed by atoms with Crippen LogP contribution in [0, 0.1) is 5.82 Å². The lowest BCUT2D eigenvalue weighted by molar-refractivity contribution is 0.292. The molecule has 1 N–H and O–H groups in total. The summed E-state index contributed by atoms with van der Waals surface area (Å²) < 4.78 is 38.9. The Hall–Kier alpha value is -0.690. The molecule has 114 valence electrons. The Labute approximate surface area is 125 Å². The van der Waals surface area contributed by atoms with Gasteiger partial charge in [-0.2, -0.15) is 0 Å². The maximum atomic E-state index is 12.8. The second kappa shape index (κ2) is 7.36. The topological polar surface area (TPSA) is 49.4 Å². The van der Waals surface area contributed by atoms with E-state index < -0.39 is 10.0 Å². The first-order valence-corrected chi connectivity index (χ1v) is 8.02. The van der Waals surface area contributed by atoms with Gasteiger partial charge in [0, 0.05) is 19.1 Å². The molecule has 7 heteroatoms. The summed E-state index contributed by atoms with van der Waals surface area (Å²) in [4.78, 5) is 0. The van der Waals surface area contributed by atoms with Crippen molar-refractivity contribution in [3.05, 3.63) is 35.6 Å². The molecule has 0 spiro atoms. The Kier molecular flexibility index (Phi) is 6.39. The zero-order valence-electron chi connectivity index (χ0n) is 11.4. The van der Waals surface area contributed by atoms with Gasteiger partial charge in [0.1, 0.15) is 5.82 Å². The van der Waals surface area contributed by atoms with E-state index in [-0.39, 0.29) is 30.0 Å². The van der Waals surface area contributed by atoms with Crippen molar-refractivity contribution in [2.45, 2.75) is 24.6 Å². The van der Waals surface area contributed by atoms with E-state index in [2.05, 4.69) is 5.32 Å². The summed E-state index contributed by atoms with van der Waals surface area (Å²) in [5.41, 5.74) is 0.619. The van der Waals surface area contributed by atoms with Crippen LogP contribution in [-0.2, 0) is 15.8 Å². The summed E-state index contributed by atoms with van der Waals surface area (Å²) in [5, 5.41) is 3.12. The average molecular weight is 323 g/mol. The van der Waals surface area contributed by atoms with E-state index in [0.717, 1.165) is 12.8 Å². The summed E-state index contributed by atoms with van der Waals surface area (Å²) in [6.07, 6.45) is 1.87. The monoisotopic (exact) mass is 322 g/mol. The minimum absolute atomic E-state index is 0. The Morgan fingerprint density at radius 3 is 2.60 bits per heavy atom. The van der Waals surface area contributed by atoms with Crippen LogP contribution in [0.4, 0.5) is 4.39 Å². The lowest BCUT2D eigenvalue weighted by Crippen LogP contribution is -2.47. The van der Waals surface area contributed by atoms with Crippen LogP contribution < -0.4 is 5.32 Å². The van der Waals surface area contributed by atoms with Crippen LogP contribution in [0.15, 0.2) is 24.3 Å². The lowest BCUT2D eigenvalue weighted by atomic mass is 10.1. The molecular weight excluding hydrogens is 303 g/mol. The summed E-state index contributed by atoms with van der Waals surface area (Å²) in [6, 6.07) is 5.84. The van der Waals surface area contributed by atoms with Gasteiger partial charge < -0.3 is 5.32 Å². The van der Waals surface area contributed by atoms with E-state index in [1.165, 1.54) is 28.6 Å². The largest absolute Gasteiger partial charge is 0.316 e. The van der Waals surface area contributed by atoms with Crippen LogP contribution in [0.5, 0.6) is 0 Å². The van der Waals surface area contributed by atoms with Crippen molar-refractivity contribution in [3.63, 3.8) is 0 Å². The van der Waals surface area contributed by atoms with Crippen LogP contribution in [0.25, 0.3) is 0 Å². The molecule has 1 aromatic rings. The number of hydrogen-bond acceptors (Lipinski definition) is 3. The zero-order valence-corrected chi connectivity index (χ0v) is 13.0. The third kappa shape index (κ3) is 4.41. The predicted molar refractivity (Wildman–Crippen MR) is 79.9 cm³/mol. The van der Waals surface area contributed by atoms with Crippen molar-refractivity contribution < 1.29 is 12.8 Å². The maximum absolute atomic E-state index is 12.8. The van der Waals surface area contributed by atoms with Gasteiger partial charge in [0.25, 0.3) is 0 Å². The van der Waals surface area contributed by atoms with Gasteiger partial charge in [-0.15, -0.1) is 12.4 Å². The van der Waals surface area contributed by atoms with Crippen LogP contribution >= 0.6 is 12.4 Å². The van der Waals surface area contributed by atoms with Gasteiger partial charge in [0.05, 0.1) is 5.75 Å². The summed E-state index contributed by atoms with van der Waals surface area (Å²) in [5.74, 6) is -0.418. The van der Waals surface area contributed by atoms with Gasteiger partial charge in [0.15, 0.2) is 0 Å². The first kappa shape index (κ1) is 17.4. The molecule has 0 aromatic heterocycles. The summed E-state index contributed by atoms with van der Waals surface area (Å²) in [6.45, 7) is 1.09. The van der Waals surface area contributed by atoms with E-state index in [9.17, 15) is 12.8 Å². The highest BCUT2D eigenvalue weighted by Gasteiger charge is 2.28. The molecule has 1 atom stereocenters. The molecule has 20 heavy (non-hydrogen) atoms. The van der Waals surface area contributed by atoms with Crippen LogP contribution in [0.3, 0.4) is 0 Å². The Morgan fingerprint density at radius 1 is 1.35 bits per heavy atom. The zero-order chi connectivity index (χ0) is 13.9. The number of piperidine rings is 1. The third-order valence-corrected chi connectivity index (χ3v) is 5.26. The van der Waals surface area contributed by atoms with E-state index in [0.29, 0.717) is 18.7 Å². The molecule has 4 nitrogen and oxygen atoms in total. The van der Waals surface area contributed by atoms with E-state index >= 15 is 0 Å². The molecule has 1 fully saturated rings. The van der Waals surface area contributed by atoms with Crippen molar-refractivity contribution in [1.29, 1.82) is 0 Å². The molecule has 1 saturated heterocycles. The molecule has 1 aliphatic rings. The van der Waals surface area contributed by atoms with Crippen LogP contribution in [0.1, 0.15) is 18.4 Å². The number of nitrogens with zero attached hydrogens (tertiary/aromatic N) is 1. The molecule has 0 amide bonds. The quantitative estimate of drug-likeness (QED) is 0.919. The predicted octanol–water partition coefficient (Wildman–Crippen LogP) is 1.76. The van der Waals surface area contributed by atoms with Crippen molar-refractivity contribution in [3.8, 4) is 0 Å². The van der Waals surface area contributed by atoms with Gasteiger partial charge in [-0.1, -0.05) is 12.1 Å². The minimum atomic E-state index is -3.32. The van der Waals surface area contributed by atoms with E-state index in [1.54, 1.807) is 0 Å². The number of halogens is 2. The Bertz CT molecular complexity index is 522. The highest BCUT2D eigenvalue weighted by Crippen LogP contribution is 2.17. The van der Waals surface area contributed by atoms with E-state index in [1.807, 2.05) is 7.05 Å². The lowest BCUT2D eigenvalue weighted by Gasteiger charge is -2.31. The van der Waals surface area contributed by atoms with Gasteiger partial charge in [0.2, 0.25) is 10.0 Å². The first-order chi connectivity index (χ1) is 9.01. The standard InChI is InChI=1S/C13H19FN2O2S.ClH/c1-15-13-3-2-8-16(9-13)19(17,18)10-11-4-6-12(14)7-5-11;/h4-7,13,15H,2-3,8-10H2,1H3;1H. The van der Waals surface area contributed by atoms with Crippen molar-refractivity contribution in [2.75, 3.05) is 20.1 Å². The SMILES string of the molecule is CNC1CCCN(S(=O)(=O)Cc2ccc(F)cc2)C1.Cl. The van der Waals surface area contributed by atoms with Crippen LogP contribution in [-0.4, -0.2) is 38.9 Å². The van der Waals surface area contributed by atoms with Gasteiger partial charge in [-0.25, -0.2) is 17.1 Å². The maximum Gasteiger partial charge on any atom is 0.218 e. The van der Waals surface area contributed by atoms with Gasteiger partial charge in [-0.05, 0) is 37.6 Å². The van der Waals surface area contributed by atoms with Gasteiger partial charge in [-0.3, -0.25) is 0 Å². The molecule has 0 radical (unpaired) electrons. The molecule has 0 bridgehead atoms. The minimum Gasteiger partial charge on any atom is -0.316 e. The number of rotatable bonds is 4. The fourth-order valence-electron chi connectivity index (χ4n) is 2.31. The molecule has 0 aliphatic carbocycles. The highest BCUT2D eigenvalue weighted by molar-refractivity contribution is 7.88. The fraction of sp³-hybridized carbons (Fsp3) is 0.538. The number of nitrogens with one attached hydrogen (secondary N) is 1.